The van der Waals surface area contributed by atoms with Gasteiger partial charge in [0.05, 0.1) is 40.0 Å². The Morgan fingerprint density at radius 3 is 2.59 bits per heavy atom. The van der Waals surface area contributed by atoms with Crippen LogP contribution >= 0.6 is 11.6 Å². The van der Waals surface area contributed by atoms with E-state index in [4.69, 9.17) is 17.3 Å². The van der Waals surface area contributed by atoms with E-state index in [0.717, 1.165) is 12.6 Å². The number of likely N-dealkylation sites (N-methyl/N-ethyl adjacent to an activating group) is 1. The van der Waals surface area contributed by atoms with Crippen LogP contribution in [-0.4, -0.2) is 41.9 Å². The first kappa shape index (κ1) is 24.0. The van der Waals surface area contributed by atoms with Gasteiger partial charge >= 0.3 is 5.97 Å². The molecule has 180 valence electrons. The van der Waals surface area contributed by atoms with Crippen LogP contribution in [0, 0.1) is 18.6 Å². The number of rotatable bonds is 6. The van der Waals surface area contributed by atoms with Gasteiger partial charge in [0, 0.05) is 36.5 Å². The number of aliphatic carboxylic acids is 1. The normalized spacial score (nSPS) is 15.8. The van der Waals surface area contributed by atoms with Crippen LogP contribution in [0.3, 0.4) is 0 Å². The summed E-state index contributed by atoms with van der Waals surface area (Å²) in [5, 5.41) is 23.0. The fourth-order valence-electron chi connectivity index (χ4n) is 4.49. The van der Waals surface area contributed by atoms with Crippen molar-refractivity contribution in [3.8, 4) is 0 Å². The topological polar surface area (TPSA) is 102 Å². The van der Waals surface area contributed by atoms with E-state index in [1.54, 1.807) is 0 Å². The average molecular weight is 491 g/mol. The van der Waals surface area contributed by atoms with Crippen molar-refractivity contribution >= 4 is 45.9 Å². The number of carboxylic acids is 1. The molecule has 0 saturated carbocycles. The average Bonchev–Trinajstić information content (AvgIpc) is 2.76. The quantitative estimate of drug-likeness (QED) is 0.455. The van der Waals surface area contributed by atoms with Crippen LogP contribution in [0.5, 0.6) is 0 Å². The lowest BCUT2D eigenvalue weighted by molar-refractivity contribution is -0.132. The highest BCUT2D eigenvalue weighted by Crippen LogP contribution is 2.52. The molecule has 5 N–H and O–H groups in total. The van der Waals surface area contributed by atoms with Gasteiger partial charge in [0.15, 0.2) is 5.82 Å². The second-order valence-electron chi connectivity index (χ2n) is 8.34. The Kier molecular flexibility index (Phi) is 6.28. The number of nitrogens with one attached hydrogen (secondary N) is 1. The van der Waals surface area contributed by atoms with Gasteiger partial charge in [-0.15, -0.1) is 0 Å². The van der Waals surface area contributed by atoms with Gasteiger partial charge in [-0.05, 0) is 36.7 Å². The smallest absolute Gasteiger partial charge is 0.337 e. The van der Waals surface area contributed by atoms with E-state index in [1.165, 1.54) is 24.1 Å². The summed E-state index contributed by atoms with van der Waals surface area (Å²) >= 11 is 6.81. The summed E-state index contributed by atoms with van der Waals surface area (Å²) in [6.07, 6.45) is 1.28. The molecule has 0 unspecified atom stereocenters. The summed E-state index contributed by atoms with van der Waals surface area (Å²) in [4.78, 5) is 15.2. The molecule has 10 heteroatoms. The minimum absolute atomic E-state index is 0.0571. The second kappa shape index (κ2) is 8.90. The van der Waals surface area contributed by atoms with Gasteiger partial charge < -0.3 is 31.1 Å². The lowest BCUT2D eigenvalue weighted by Crippen LogP contribution is -2.58. The fourth-order valence-corrected chi connectivity index (χ4v) is 4.87. The van der Waals surface area contributed by atoms with Crippen molar-refractivity contribution < 1.29 is 23.8 Å². The van der Waals surface area contributed by atoms with Gasteiger partial charge in [0.2, 0.25) is 0 Å². The van der Waals surface area contributed by atoms with E-state index in [-0.39, 0.29) is 61.7 Å². The third-order valence-electron chi connectivity index (χ3n) is 6.24. The highest BCUT2D eigenvalue weighted by Gasteiger charge is 2.37. The second-order valence-corrected chi connectivity index (χ2v) is 8.72. The maximum atomic E-state index is 15.6. The molecule has 2 aliphatic heterocycles. The Bertz CT molecular complexity index is 1240. The Labute approximate surface area is 200 Å². The van der Waals surface area contributed by atoms with Crippen molar-refractivity contribution in [3.63, 3.8) is 0 Å². The first-order valence-corrected chi connectivity index (χ1v) is 11.1. The standard InChI is InChI=1S/C24H25ClF2N4O3/c1-4-29-14-7-30(8-14)23-20(25)22-19(12(3)21(23)27)11(2)15(24(33)34)9-31(22)18-6-17(28)16(26)5-13(18)10-32/h5-6,9,14,29,32H,2,4,7-8,10,28H2,1,3H3,(H,33,34). The summed E-state index contributed by atoms with van der Waals surface area (Å²) in [5.41, 5.74) is 6.76. The van der Waals surface area contributed by atoms with Gasteiger partial charge in [0.1, 0.15) is 5.82 Å². The lowest BCUT2D eigenvalue weighted by atomic mass is 9.88. The first-order chi connectivity index (χ1) is 16.1. The van der Waals surface area contributed by atoms with Crippen LogP contribution in [0.1, 0.15) is 23.6 Å². The van der Waals surface area contributed by atoms with E-state index in [1.807, 2.05) is 11.8 Å². The van der Waals surface area contributed by atoms with Crippen molar-refractivity contribution in [2.24, 2.45) is 0 Å². The monoisotopic (exact) mass is 490 g/mol. The molecule has 0 bridgehead atoms. The van der Waals surface area contributed by atoms with E-state index in [9.17, 15) is 19.4 Å². The molecular formula is C24H25ClF2N4O3. The van der Waals surface area contributed by atoms with Crippen LogP contribution < -0.4 is 20.9 Å². The number of anilines is 4. The number of halogens is 3. The predicted molar refractivity (Wildman–Crippen MR) is 129 cm³/mol. The number of hydrogen-bond donors (Lipinski definition) is 4. The maximum absolute atomic E-state index is 15.6. The van der Waals surface area contributed by atoms with E-state index in [0.29, 0.717) is 13.1 Å². The zero-order valence-electron chi connectivity index (χ0n) is 18.8. The summed E-state index contributed by atoms with van der Waals surface area (Å²) in [6.45, 7) is 8.75. The number of aliphatic hydroxyl groups is 1. The molecular weight excluding hydrogens is 466 g/mol. The predicted octanol–water partition coefficient (Wildman–Crippen LogP) is 3.93. The first-order valence-electron chi connectivity index (χ1n) is 10.7. The molecule has 0 atom stereocenters. The van der Waals surface area contributed by atoms with Gasteiger partial charge in [-0.2, -0.15) is 0 Å². The number of carboxylic acid groups (broad SMARTS) is 1. The van der Waals surface area contributed by atoms with Crippen molar-refractivity contribution in [3.05, 3.63) is 63.8 Å². The molecule has 2 aliphatic rings. The van der Waals surface area contributed by atoms with E-state index < -0.39 is 24.2 Å². The minimum atomic E-state index is -1.28. The number of carbonyl (C=O) groups is 1. The molecule has 4 rings (SSSR count). The summed E-state index contributed by atoms with van der Waals surface area (Å²) in [7, 11) is 0. The fraction of sp³-hybridized carbons (Fsp3) is 0.292. The molecule has 0 spiro atoms. The van der Waals surface area contributed by atoms with Crippen molar-refractivity contribution in [1.82, 2.24) is 5.32 Å². The van der Waals surface area contributed by atoms with Crippen LogP contribution in [0.15, 0.2) is 30.5 Å². The summed E-state index contributed by atoms with van der Waals surface area (Å²) in [5.74, 6) is -2.57. The number of fused-ring (bicyclic) bond motifs is 1. The SMILES string of the molecule is C=C1C(C(=O)O)=CN(c2cc(N)c(F)cc2CO)c2c(Cl)c(N3CC(NCC)C3)c(F)c(C)c21. The van der Waals surface area contributed by atoms with Crippen LogP contribution in [-0.2, 0) is 11.4 Å². The molecule has 7 nitrogen and oxygen atoms in total. The van der Waals surface area contributed by atoms with Gasteiger partial charge in [-0.25, -0.2) is 13.6 Å². The molecule has 2 aromatic carbocycles. The molecule has 2 aromatic rings. The Balaban J connectivity index is 1.98. The molecule has 1 saturated heterocycles. The molecule has 0 aromatic heterocycles. The number of hydrogen-bond acceptors (Lipinski definition) is 6. The van der Waals surface area contributed by atoms with Crippen molar-refractivity contribution in [2.45, 2.75) is 26.5 Å². The third kappa shape index (κ3) is 3.70. The highest BCUT2D eigenvalue weighted by molar-refractivity contribution is 6.37. The Morgan fingerprint density at radius 1 is 1.32 bits per heavy atom. The molecule has 1 fully saturated rings. The van der Waals surface area contributed by atoms with Crippen molar-refractivity contribution in [2.75, 3.05) is 35.2 Å². The number of aliphatic hydroxyl groups excluding tert-OH is 1. The maximum Gasteiger partial charge on any atom is 0.337 e. The van der Waals surface area contributed by atoms with Crippen LogP contribution in [0.25, 0.3) is 5.57 Å². The molecule has 0 amide bonds. The van der Waals surface area contributed by atoms with Crippen LogP contribution in [0.2, 0.25) is 5.02 Å². The highest BCUT2D eigenvalue weighted by atomic mass is 35.5. The minimum Gasteiger partial charge on any atom is -0.478 e. The van der Waals surface area contributed by atoms with Crippen molar-refractivity contribution in [1.29, 1.82) is 0 Å². The van der Waals surface area contributed by atoms with Gasteiger partial charge in [-0.1, -0.05) is 25.1 Å². The third-order valence-corrected chi connectivity index (χ3v) is 6.60. The van der Waals surface area contributed by atoms with E-state index in [2.05, 4.69) is 11.9 Å². The van der Waals surface area contributed by atoms with E-state index >= 15 is 4.39 Å². The number of nitrogen functional groups attached to an aromatic ring is 1. The molecule has 2 heterocycles. The number of nitrogens with two attached hydrogens (primary N) is 1. The molecule has 0 aliphatic carbocycles. The molecule has 0 radical (unpaired) electrons. The zero-order chi connectivity index (χ0) is 24.9. The van der Waals surface area contributed by atoms with Gasteiger partial charge in [-0.3, -0.25) is 0 Å². The largest absolute Gasteiger partial charge is 0.478 e. The Hall–Kier alpha value is -3.14. The zero-order valence-corrected chi connectivity index (χ0v) is 19.5. The summed E-state index contributed by atoms with van der Waals surface area (Å²) < 4.78 is 29.8. The van der Waals surface area contributed by atoms with Crippen LogP contribution in [0.4, 0.5) is 31.5 Å². The lowest BCUT2D eigenvalue weighted by Gasteiger charge is -2.43. The number of benzene rings is 2. The van der Waals surface area contributed by atoms with Gasteiger partial charge in [0.25, 0.3) is 0 Å². The molecule has 34 heavy (non-hydrogen) atoms. The Morgan fingerprint density at radius 2 is 2.00 bits per heavy atom. The summed E-state index contributed by atoms with van der Waals surface area (Å²) in [6, 6.07) is 2.55. The number of nitrogens with zero attached hydrogens (tertiary/aromatic N) is 2.